The fourth-order valence-electron chi connectivity index (χ4n) is 1.20. The van der Waals surface area contributed by atoms with Crippen LogP contribution in [0.15, 0.2) is 16.6 Å². The number of rotatable bonds is 4. The Morgan fingerprint density at radius 2 is 1.94 bits per heavy atom. The summed E-state index contributed by atoms with van der Waals surface area (Å²) in [6.07, 6.45) is -3.24. The molecule has 1 aromatic carbocycles. The summed E-state index contributed by atoms with van der Waals surface area (Å²) in [5, 5.41) is 0. The number of hydrogen-bond donors (Lipinski definition) is 0. The maximum atomic E-state index is 13.5. The molecule has 0 saturated carbocycles. The molecule has 1 aromatic rings. The smallest absolute Gasteiger partial charge is 0.419 e. The van der Waals surface area contributed by atoms with Gasteiger partial charge in [-0.05, 0) is 18.6 Å². The molecule has 6 heteroatoms. The van der Waals surface area contributed by atoms with Crippen LogP contribution in [-0.4, -0.2) is 6.61 Å². The van der Waals surface area contributed by atoms with Crippen LogP contribution in [0.3, 0.4) is 0 Å². The van der Waals surface area contributed by atoms with Gasteiger partial charge in [-0.2, -0.15) is 13.2 Å². The fourth-order valence-corrected chi connectivity index (χ4v) is 1.64. The maximum absolute atomic E-state index is 13.5. The Balaban J connectivity index is 3.02. The molecule has 17 heavy (non-hydrogen) atoms. The van der Waals surface area contributed by atoms with Gasteiger partial charge in [0.2, 0.25) is 0 Å². The van der Waals surface area contributed by atoms with Gasteiger partial charge >= 0.3 is 6.18 Å². The van der Waals surface area contributed by atoms with Crippen molar-refractivity contribution in [1.82, 2.24) is 0 Å². The van der Waals surface area contributed by atoms with E-state index in [-0.39, 0.29) is 16.8 Å². The topological polar surface area (TPSA) is 9.23 Å². The third-order valence-corrected chi connectivity index (χ3v) is 2.52. The van der Waals surface area contributed by atoms with Crippen LogP contribution in [-0.2, 0) is 6.18 Å². The molecule has 0 aliphatic carbocycles. The minimum Gasteiger partial charge on any atom is -0.490 e. The summed E-state index contributed by atoms with van der Waals surface area (Å²) >= 11 is 2.90. The SMILES string of the molecule is CCCCOc1cc(Br)cc(C(F)(F)F)c1F. The normalized spacial score (nSPS) is 11.6. The van der Waals surface area contributed by atoms with Crippen molar-refractivity contribution in [3.63, 3.8) is 0 Å². The van der Waals surface area contributed by atoms with E-state index in [2.05, 4.69) is 15.9 Å². The monoisotopic (exact) mass is 314 g/mol. The van der Waals surface area contributed by atoms with Gasteiger partial charge in [-0.25, -0.2) is 4.39 Å². The van der Waals surface area contributed by atoms with Gasteiger partial charge in [0.1, 0.15) is 0 Å². The highest BCUT2D eigenvalue weighted by molar-refractivity contribution is 9.10. The average molecular weight is 315 g/mol. The van der Waals surface area contributed by atoms with E-state index in [0.29, 0.717) is 12.5 Å². The average Bonchev–Trinajstić information content (AvgIpc) is 2.21. The van der Waals surface area contributed by atoms with Crippen LogP contribution in [0, 0.1) is 5.82 Å². The van der Waals surface area contributed by atoms with Gasteiger partial charge in [-0.15, -0.1) is 0 Å². The van der Waals surface area contributed by atoms with Crippen LogP contribution in [0.2, 0.25) is 0 Å². The molecule has 0 bridgehead atoms. The minimum absolute atomic E-state index is 0.137. The van der Waals surface area contributed by atoms with Gasteiger partial charge in [-0.1, -0.05) is 29.3 Å². The quantitative estimate of drug-likeness (QED) is 0.573. The van der Waals surface area contributed by atoms with Crippen molar-refractivity contribution in [2.75, 3.05) is 6.61 Å². The predicted octanol–water partition coefficient (Wildman–Crippen LogP) is 4.79. The second kappa shape index (κ2) is 5.71. The van der Waals surface area contributed by atoms with E-state index in [1.807, 2.05) is 6.92 Å². The van der Waals surface area contributed by atoms with Crippen molar-refractivity contribution in [1.29, 1.82) is 0 Å². The molecule has 0 spiro atoms. The molecule has 0 N–H and O–H groups in total. The lowest BCUT2D eigenvalue weighted by atomic mass is 10.2. The molecular formula is C11H11BrF4O. The largest absolute Gasteiger partial charge is 0.490 e. The van der Waals surface area contributed by atoms with Crippen molar-refractivity contribution in [2.45, 2.75) is 25.9 Å². The zero-order chi connectivity index (χ0) is 13.1. The molecular weight excluding hydrogens is 304 g/mol. The lowest BCUT2D eigenvalue weighted by Crippen LogP contribution is -2.10. The molecule has 1 nitrogen and oxygen atoms in total. The first kappa shape index (κ1) is 14.3. The van der Waals surface area contributed by atoms with Crippen LogP contribution >= 0.6 is 15.9 Å². The molecule has 0 unspecified atom stereocenters. The van der Waals surface area contributed by atoms with Gasteiger partial charge < -0.3 is 4.74 Å². The molecule has 0 aliphatic heterocycles. The molecule has 0 fully saturated rings. The summed E-state index contributed by atoms with van der Waals surface area (Å²) in [4.78, 5) is 0. The van der Waals surface area contributed by atoms with Crippen molar-refractivity contribution in [3.8, 4) is 5.75 Å². The van der Waals surface area contributed by atoms with Crippen molar-refractivity contribution >= 4 is 15.9 Å². The van der Waals surface area contributed by atoms with Crippen LogP contribution in [0.5, 0.6) is 5.75 Å². The lowest BCUT2D eigenvalue weighted by Gasteiger charge is -2.13. The predicted molar refractivity (Wildman–Crippen MR) is 59.5 cm³/mol. The highest BCUT2D eigenvalue weighted by Crippen LogP contribution is 2.37. The number of benzene rings is 1. The van der Waals surface area contributed by atoms with Crippen LogP contribution in [0.1, 0.15) is 25.3 Å². The molecule has 0 amide bonds. The van der Waals surface area contributed by atoms with E-state index in [9.17, 15) is 17.6 Å². The summed E-state index contributed by atoms with van der Waals surface area (Å²) in [5.74, 6) is -1.74. The van der Waals surface area contributed by atoms with E-state index < -0.39 is 17.6 Å². The van der Waals surface area contributed by atoms with E-state index >= 15 is 0 Å². The zero-order valence-corrected chi connectivity index (χ0v) is 10.7. The van der Waals surface area contributed by atoms with E-state index in [1.54, 1.807) is 0 Å². The Labute approximate surface area is 105 Å². The fraction of sp³-hybridized carbons (Fsp3) is 0.455. The number of hydrogen-bond acceptors (Lipinski definition) is 1. The third kappa shape index (κ3) is 3.87. The number of ether oxygens (including phenoxy) is 1. The van der Waals surface area contributed by atoms with Crippen LogP contribution in [0.4, 0.5) is 17.6 Å². The Morgan fingerprint density at radius 3 is 2.47 bits per heavy atom. The van der Waals surface area contributed by atoms with Gasteiger partial charge in [0.05, 0.1) is 12.2 Å². The molecule has 0 aliphatic rings. The second-order valence-corrected chi connectivity index (χ2v) is 4.38. The highest BCUT2D eigenvalue weighted by atomic mass is 79.9. The van der Waals surface area contributed by atoms with Gasteiger partial charge in [0, 0.05) is 4.47 Å². The van der Waals surface area contributed by atoms with Crippen LogP contribution < -0.4 is 4.74 Å². The Hall–Kier alpha value is -0.780. The van der Waals surface area contributed by atoms with E-state index in [0.717, 1.165) is 6.42 Å². The minimum atomic E-state index is -4.73. The molecule has 0 aromatic heterocycles. The third-order valence-electron chi connectivity index (χ3n) is 2.06. The zero-order valence-electron chi connectivity index (χ0n) is 9.07. The Bertz CT molecular complexity index is 390. The van der Waals surface area contributed by atoms with Crippen molar-refractivity contribution < 1.29 is 22.3 Å². The standard InChI is InChI=1S/C11H11BrF4O/c1-2-3-4-17-9-6-7(12)5-8(10(9)13)11(14,15)16/h5-6H,2-4H2,1H3. The van der Waals surface area contributed by atoms with Crippen molar-refractivity contribution in [2.24, 2.45) is 0 Å². The number of alkyl halides is 3. The first-order chi connectivity index (χ1) is 7.86. The summed E-state index contributed by atoms with van der Waals surface area (Å²) < 4.78 is 56.1. The summed E-state index contributed by atoms with van der Waals surface area (Å²) in [5.41, 5.74) is -1.32. The molecule has 0 radical (unpaired) electrons. The lowest BCUT2D eigenvalue weighted by molar-refractivity contribution is -0.140. The first-order valence-corrected chi connectivity index (χ1v) is 5.84. The first-order valence-electron chi connectivity index (χ1n) is 5.05. The number of unbranched alkanes of at least 4 members (excludes halogenated alkanes) is 1. The maximum Gasteiger partial charge on any atom is 0.419 e. The van der Waals surface area contributed by atoms with E-state index in [1.165, 1.54) is 6.07 Å². The summed E-state index contributed by atoms with van der Waals surface area (Å²) in [6, 6.07) is 1.89. The molecule has 0 atom stereocenters. The van der Waals surface area contributed by atoms with Gasteiger partial charge in [0.25, 0.3) is 0 Å². The Morgan fingerprint density at radius 1 is 1.29 bits per heavy atom. The summed E-state index contributed by atoms with van der Waals surface area (Å²) in [7, 11) is 0. The van der Waals surface area contributed by atoms with Gasteiger partial charge in [-0.3, -0.25) is 0 Å². The molecule has 96 valence electrons. The molecule has 0 heterocycles. The highest BCUT2D eigenvalue weighted by Gasteiger charge is 2.36. The summed E-state index contributed by atoms with van der Waals surface area (Å²) in [6.45, 7) is 2.10. The van der Waals surface area contributed by atoms with Crippen LogP contribution in [0.25, 0.3) is 0 Å². The van der Waals surface area contributed by atoms with Crippen molar-refractivity contribution in [3.05, 3.63) is 28.0 Å². The van der Waals surface area contributed by atoms with E-state index in [4.69, 9.17) is 4.74 Å². The molecule has 1 rings (SSSR count). The second-order valence-electron chi connectivity index (χ2n) is 3.47. The molecule has 0 saturated heterocycles. The van der Waals surface area contributed by atoms with Gasteiger partial charge in [0.15, 0.2) is 11.6 Å². The Kier molecular flexibility index (Phi) is 4.80. The number of halogens is 5.